The van der Waals surface area contributed by atoms with Crippen LogP contribution < -0.4 is 10.5 Å². The molecule has 3 N–H and O–H groups in total. The molecule has 2 heterocycles. The zero-order valence-corrected chi connectivity index (χ0v) is 14.5. The zero-order valence-electron chi connectivity index (χ0n) is 14.5. The van der Waals surface area contributed by atoms with Gasteiger partial charge in [0.05, 0.1) is 23.7 Å². The molecule has 0 saturated carbocycles. The Morgan fingerprint density at radius 3 is 2.54 bits per heavy atom. The first-order valence-electron chi connectivity index (χ1n) is 8.47. The number of aromatic carboxylic acids is 1. The molecule has 8 heteroatoms. The van der Waals surface area contributed by atoms with Crippen molar-refractivity contribution in [2.75, 3.05) is 5.73 Å². The lowest BCUT2D eigenvalue weighted by Crippen LogP contribution is -2.07. The Hall–Kier alpha value is -3.81. The van der Waals surface area contributed by atoms with Gasteiger partial charge in [-0.1, -0.05) is 18.2 Å². The standard InChI is InChI=1S/C20H15FN4O3/c21-18-14(15-9-24-16(22)10-23-15)6-5-13(11-2-1-3-11)19(18)28-17-7-4-12(8-25-17)20(26)27/h1-2,4-11H,3H2,(H2,22,24)(H,26,27). The van der Waals surface area contributed by atoms with Crippen molar-refractivity contribution in [3.8, 4) is 22.9 Å². The second-order valence-corrected chi connectivity index (χ2v) is 6.23. The predicted octanol–water partition coefficient (Wildman–Crippen LogP) is 3.79. The van der Waals surface area contributed by atoms with Crippen LogP contribution in [0.3, 0.4) is 0 Å². The molecule has 1 atom stereocenters. The lowest BCUT2D eigenvalue weighted by Gasteiger charge is -2.22. The molecular formula is C20H15FN4O3. The van der Waals surface area contributed by atoms with Gasteiger partial charge in [0.1, 0.15) is 5.82 Å². The summed E-state index contributed by atoms with van der Waals surface area (Å²) in [4.78, 5) is 23.0. The van der Waals surface area contributed by atoms with E-state index in [4.69, 9.17) is 15.6 Å². The Morgan fingerprint density at radius 2 is 1.96 bits per heavy atom. The minimum Gasteiger partial charge on any atom is -0.478 e. The monoisotopic (exact) mass is 378 g/mol. The molecule has 0 saturated heterocycles. The number of aromatic nitrogens is 3. The van der Waals surface area contributed by atoms with Crippen LogP contribution >= 0.6 is 0 Å². The Morgan fingerprint density at radius 1 is 1.14 bits per heavy atom. The van der Waals surface area contributed by atoms with Crippen molar-refractivity contribution in [1.82, 2.24) is 15.0 Å². The van der Waals surface area contributed by atoms with Crippen LogP contribution in [0.15, 0.2) is 55.0 Å². The maximum atomic E-state index is 15.4. The fourth-order valence-corrected chi connectivity index (χ4v) is 2.82. The summed E-state index contributed by atoms with van der Waals surface area (Å²) in [5, 5.41) is 8.98. The summed E-state index contributed by atoms with van der Waals surface area (Å²) in [7, 11) is 0. The first-order valence-corrected chi connectivity index (χ1v) is 8.47. The molecule has 0 bridgehead atoms. The van der Waals surface area contributed by atoms with Gasteiger partial charge in [-0.15, -0.1) is 0 Å². The Kier molecular flexibility index (Phi) is 4.44. The number of allylic oxidation sites excluding steroid dienone is 2. The molecule has 0 fully saturated rings. The molecule has 1 aromatic carbocycles. The smallest absolute Gasteiger partial charge is 0.337 e. The van der Waals surface area contributed by atoms with E-state index in [0.29, 0.717) is 11.3 Å². The number of hydrogen-bond donors (Lipinski definition) is 2. The molecule has 0 amide bonds. The highest BCUT2D eigenvalue weighted by Crippen LogP contribution is 2.41. The van der Waals surface area contributed by atoms with E-state index in [9.17, 15) is 4.79 Å². The van der Waals surface area contributed by atoms with Crippen molar-refractivity contribution in [3.05, 3.63) is 72.0 Å². The Bertz CT molecular complexity index is 1070. The summed E-state index contributed by atoms with van der Waals surface area (Å²) < 4.78 is 21.1. The van der Waals surface area contributed by atoms with Gasteiger partial charge in [0, 0.05) is 29.3 Å². The van der Waals surface area contributed by atoms with E-state index in [-0.39, 0.29) is 34.5 Å². The SMILES string of the molecule is Nc1cnc(-c2ccc(C3C=CC3)c(Oc3ccc(C(=O)O)cn3)c2F)cn1. The third-order valence-electron chi connectivity index (χ3n) is 4.42. The van der Waals surface area contributed by atoms with Crippen molar-refractivity contribution in [1.29, 1.82) is 0 Å². The fourth-order valence-electron chi connectivity index (χ4n) is 2.82. The lowest BCUT2D eigenvalue weighted by molar-refractivity contribution is 0.0696. The summed E-state index contributed by atoms with van der Waals surface area (Å²) in [6.45, 7) is 0. The number of rotatable bonds is 5. The number of benzene rings is 1. The van der Waals surface area contributed by atoms with E-state index in [1.165, 1.54) is 24.5 Å². The van der Waals surface area contributed by atoms with Crippen molar-refractivity contribution >= 4 is 11.8 Å². The number of anilines is 1. The third kappa shape index (κ3) is 3.27. The highest BCUT2D eigenvalue weighted by atomic mass is 19.1. The van der Waals surface area contributed by atoms with Crippen LogP contribution in [0.4, 0.5) is 10.2 Å². The molecule has 28 heavy (non-hydrogen) atoms. The molecule has 7 nitrogen and oxygen atoms in total. The molecule has 0 spiro atoms. The van der Waals surface area contributed by atoms with Gasteiger partial charge in [-0.3, -0.25) is 4.98 Å². The maximum absolute atomic E-state index is 15.4. The molecule has 1 aliphatic rings. The maximum Gasteiger partial charge on any atom is 0.337 e. The van der Waals surface area contributed by atoms with Crippen LogP contribution in [0.2, 0.25) is 0 Å². The summed E-state index contributed by atoms with van der Waals surface area (Å²) in [5.41, 5.74) is 6.78. The highest BCUT2D eigenvalue weighted by molar-refractivity contribution is 5.87. The number of carboxylic acids is 1. The fraction of sp³-hybridized carbons (Fsp3) is 0.100. The molecule has 3 aromatic rings. The van der Waals surface area contributed by atoms with Crippen LogP contribution in [0.1, 0.15) is 28.3 Å². The molecular weight excluding hydrogens is 363 g/mol. The first kappa shape index (κ1) is 17.6. The van der Waals surface area contributed by atoms with E-state index >= 15 is 4.39 Å². The molecule has 0 radical (unpaired) electrons. The number of carbonyl (C=O) groups is 1. The van der Waals surface area contributed by atoms with Gasteiger partial charge in [-0.2, -0.15) is 0 Å². The topological polar surface area (TPSA) is 111 Å². The summed E-state index contributed by atoms with van der Waals surface area (Å²) in [6, 6.07) is 6.15. The number of ether oxygens (including phenoxy) is 1. The van der Waals surface area contributed by atoms with Gasteiger partial charge in [-0.05, 0) is 18.6 Å². The van der Waals surface area contributed by atoms with Crippen LogP contribution in [0, 0.1) is 5.82 Å². The van der Waals surface area contributed by atoms with Crippen molar-refractivity contribution in [2.24, 2.45) is 0 Å². The quantitative estimate of drug-likeness (QED) is 0.650. The molecule has 1 aliphatic carbocycles. The summed E-state index contributed by atoms with van der Waals surface area (Å²) >= 11 is 0. The molecule has 4 rings (SSSR count). The number of carboxylic acid groups (broad SMARTS) is 1. The molecule has 1 unspecified atom stereocenters. The Balaban J connectivity index is 1.76. The van der Waals surface area contributed by atoms with Gasteiger partial charge in [0.2, 0.25) is 5.88 Å². The van der Waals surface area contributed by atoms with Crippen LogP contribution in [0.25, 0.3) is 11.3 Å². The number of halogens is 1. The van der Waals surface area contributed by atoms with E-state index in [0.717, 1.165) is 12.6 Å². The van der Waals surface area contributed by atoms with Crippen LogP contribution in [-0.2, 0) is 0 Å². The minimum atomic E-state index is -1.10. The summed E-state index contributed by atoms with van der Waals surface area (Å²) in [6.07, 6.45) is 8.64. The van der Waals surface area contributed by atoms with E-state index < -0.39 is 11.8 Å². The molecule has 0 aliphatic heterocycles. The van der Waals surface area contributed by atoms with Gasteiger partial charge < -0.3 is 15.6 Å². The van der Waals surface area contributed by atoms with Crippen molar-refractivity contribution in [3.63, 3.8) is 0 Å². The predicted molar refractivity (Wildman–Crippen MR) is 99.6 cm³/mol. The largest absolute Gasteiger partial charge is 0.478 e. The van der Waals surface area contributed by atoms with Gasteiger partial charge in [0.15, 0.2) is 11.6 Å². The van der Waals surface area contributed by atoms with Gasteiger partial charge >= 0.3 is 5.97 Å². The van der Waals surface area contributed by atoms with Gasteiger partial charge in [0.25, 0.3) is 0 Å². The second kappa shape index (κ2) is 7.07. The normalized spacial score (nSPS) is 15.1. The number of pyridine rings is 1. The molecule has 140 valence electrons. The van der Waals surface area contributed by atoms with Crippen LogP contribution in [0.5, 0.6) is 11.6 Å². The van der Waals surface area contributed by atoms with Crippen molar-refractivity contribution in [2.45, 2.75) is 12.3 Å². The average Bonchev–Trinajstić information content (AvgIpc) is 2.64. The molecule has 2 aromatic heterocycles. The van der Waals surface area contributed by atoms with E-state index in [1.807, 2.05) is 12.2 Å². The zero-order chi connectivity index (χ0) is 19.7. The lowest BCUT2D eigenvalue weighted by atomic mass is 9.86. The van der Waals surface area contributed by atoms with Crippen LogP contribution in [-0.4, -0.2) is 26.0 Å². The minimum absolute atomic E-state index is 0.0147. The van der Waals surface area contributed by atoms with Gasteiger partial charge in [-0.25, -0.2) is 19.2 Å². The third-order valence-corrected chi connectivity index (χ3v) is 4.42. The highest BCUT2D eigenvalue weighted by Gasteiger charge is 2.24. The Labute approximate surface area is 159 Å². The van der Waals surface area contributed by atoms with E-state index in [2.05, 4.69) is 15.0 Å². The number of nitrogens with two attached hydrogens (primary N) is 1. The van der Waals surface area contributed by atoms with Crippen molar-refractivity contribution < 1.29 is 19.0 Å². The number of nitrogen functional groups attached to an aromatic ring is 1. The van der Waals surface area contributed by atoms with E-state index in [1.54, 1.807) is 12.1 Å². The first-order chi connectivity index (χ1) is 13.5. The second-order valence-electron chi connectivity index (χ2n) is 6.23. The number of nitrogens with zero attached hydrogens (tertiary/aromatic N) is 3. The number of hydrogen-bond acceptors (Lipinski definition) is 6. The average molecular weight is 378 g/mol. The summed E-state index contributed by atoms with van der Waals surface area (Å²) in [5.74, 6) is -1.31.